The minimum absolute atomic E-state index is 0.805. The summed E-state index contributed by atoms with van der Waals surface area (Å²) in [6, 6.07) is 19.1. The number of nitrogens with zero attached hydrogens (tertiary/aromatic N) is 4. The smallest absolute Gasteiger partial charge is 0.169 e. The van der Waals surface area contributed by atoms with Crippen LogP contribution >= 0.6 is 0 Å². The molecule has 5 rings (SSSR count). The molecule has 29 heavy (non-hydrogen) atoms. The van der Waals surface area contributed by atoms with Crippen molar-refractivity contribution >= 4 is 21.8 Å². The van der Waals surface area contributed by atoms with Crippen molar-refractivity contribution in [2.24, 2.45) is 0 Å². The SMILES string of the molecule is Cc1ccc(-c2nnc(-n3cnc4cc(C)c(C)cc43)c3ccccc23)cc1C. The van der Waals surface area contributed by atoms with Gasteiger partial charge in [0.15, 0.2) is 5.82 Å². The fourth-order valence-electron chi connectivity index (χ4n) is 3.80. The van der Waals surface area contributed by atoms with E-state index in [2.05, 4.69) is 91.4 Å². The first-order chi connectivity index (χ1) is 14.0. The molecule has 0 amide bonds. The van der Waals surface area contributed by atoms with Gasteiger partial charge >= 0.3 is 0 Å². The highest BCUT2D eigenvalue weighted by molar-refractivity contribution is 5.99. The van der Waals surface area contributed by atoms with Crippen LogP contribution in [0.4, 0.5) is 0 Å². The molecule has 5 aromatic rings. The van der Waals surface area contributed by atoms with Gasteiger partial charge in [-0.25, -0.2) is 4.98 Å². The lowest BCUT2D eigenvalue weighted by atomic mass is 10.0. The summed E-state index contributed by atoms with van der Waals surface area (Å²) in [6.45, 7) is 8.49. The number of fused-ring (bicyclic) bond motifs is 2. The lowest BCUT2D eigenvalue weighted by Crippen LogP contribution is -2.02. The minimum atomic E-state index is 0.805. The van der Waals surface area contributed by atoms with Crippen molar-refractivity contribution in [3.8, 4) is 17.1 Å². The Morgan fingerprint density at radius 3 is 2.21 bits per heavy atom. The van der Waals surface area contributed by atoms with Crippen molar-refractivity contribution in [2.75, 3.05) is 0 Å². The Labute approximate surface area is 169 Å². The Kier molecular flexibility index (Phi) is 3.95. The Morgan fingerprint density at radius 1 is 0.690 bits per heavy atom. The van der Waals surface area contributed by atoms with Crippen molar-refractivity contribution in [3.63, 3.8) is 0 Å². The van der Waals surface area contributed by atoms with Gasteiger partial charge in [-0.3, -0.25) is 4.57 Å². The summed E-state index contributed by atoms with van der Waals surface area (Å²) in [4.78, 5) is 4.60. The lowest BCUT2D eigenvalue weighted by Gasteiger charge is -2.12. The van der Waals surface area contributed by atoms with E-state index in [1.54, 1.807) is 0 Å². The fourth-order valence-corrected chi connectivity index (χ4v) is 3.80. The van der Waals surface area contributed by atoms with Crippen LogP contribution in [0.1, 0.15) is 22.3 Å². The van der Waals surface area contributed by atoms with Crippen LogP contribution in [0, 0.1) is 27.7 Å². The average molecular weight is 378 g/mol. The highest BCUT2D eigenvalue weighted by Gasteiger charge is 2.15. The molecule has 0 unspecified atom stereocenters. The molecule has 2 heterocycles. The van der Waals surface area contributed by atoms with Crippen LogP contribution in [0.3, 0.4) is 0 Å². The summed E-state index contributed by atoms with van der Waals surface area (Å²) in [6.07, 6.45) is 1.84. The van der Waals surface area contributed by atoms with Crippen molar-refractivity contribution in [3.05, 3.63) is 83.2 Å². The molecule has 2 aromatic heterocycles. The van der Waals surface area contributed by atoms with Gasteiger partial charge in [-0.1, -0.05) is 36.4 Å². The Balaban J connectivity index is 1.77. The standard InChI is InChI=1S/C25H22N4/c1-15-9-10-19(11-16(15)2)24-20-7-5-6-8-21(20)25(28-27-24)29-14-26-22-12-17(3)18(4)13-23(22)29/h5-14H,1-4H3. The molecular formula is C25H22N4. The highest BCUT2D eigenvalue weighted by Crippen LogP contribution is 2.31. The monoisotopic (exact) mass is 378 g/mol. The summed E-state index contributed by atoms with van der Waals surface area (Å²) in [5.74, 6) is 0.805. The average Bonchev–Trinajstić information content (AvgIpc) is 3.12. The number of aryl methyl sites for hydroxylation is 4. The van der Waals surface area contributed by atoms with Gasteiger partial charge in [-0.15, -0.1) is 10.2 Å². The van der Waals surface area contributed by atoms with Gasteiger partial charge in [0, 0.05) is 16.3 Å². The van der Waals surface area contributed by atoms with E-state index >= 15 is 0 Å². The highest BCUT2D eigenvalue weighted by atomic mass is 15.2. The van der Waals surface area contributed by atoms with Crippen LogP contribution in [0.2, 0.25) is 0 Å². The predicted molar refractivity (Wildman–Crippen MR) is 119 cm³/mol. The minimum Gasteiger partial charge on any atom is -0.281 e. The Hall–Kier alpha value is -3.53. The van der Waals surface area contributed by atoms with E-state index in [0.717, 1.165) is 38.9 Å². The molecule has 0 spiro atoms. The molecule has 4 heteroatoms. The van der Waals surface area contributed by atoms with Crippen LogP contribution in [0.5, 0.6) is 0 Å². The van der Waals surface area contributed by atoms with Crippen molar-refractivity contribution < 1.29 is 0 Å². The largest absolute Gasteiger partial charge is 0.281 e. The third-order valence-electron chi connectivity index (χ3n) is 5.84. The fraction of sp³-hybridized carbons (Fsp3) is 0.160. The second kappa shape index (κ2) is 6.52. The predicted octanol–water partition coefficient (Wildman–Crippen LogP) is 5.87. The number of aromatic nitrogens is 4. The van der Waals surface area contributed by atoms with E-state index in [9.17, 15) is 0 Å². The van der Waals surface area contributed by atoms with Gasteiger partial charge in [0.25, 0.3) is 0 Å². The van der Waals surface area contributed by atoms with E-state index < -0.39 is 0 Å². The zero-order valence-electron chi connectivity index (χ0n) is 17.1. The maximum absolute atomic E-state index is 4.65. The topological polar surface area (TPSA) is 43.6 Å². The Morgan fingerprint density at radius 2 is 1.41 bits per heavy atom. The summed E-state index contributed by atoms with van der Waals surface area (Å²) in [5.41, 5.74) is 9.02. The summed E-state index contributed by atoms with van der Waals surface area (Å²) in [7, 11) is 0. The number of imidazole rings is 1. The molecule has 0 fully saturated rings. The van der Waals surface area contributed by atoms with E-state index in [-0.39, 0.29) is 0 Å². The van der Waals surface area contributed by atoms with Crippen LogP contribution in [-0.4, -0.2) is 19.7 Å². The second-order valence-corrected chi connectivity index (χ2v) is 7.76. The number of hydrogen-bond acceptors (Lipinski definition) is 3. The lowest BCUT2D eigenvalue weighted by molar-refractivity contribution is 0.949. The molecule has 0 N–H and O–H groups in total. The number of rotatable bonds is 2. The molecule has 0 aliphatic rings. The molecule has 0 aliphatic carbocycles. The molecule has 0 aliphatic heterocycles. The van der Waals surface area contributed by atoms with E-state index in [1.165, 1.54) is 22.3 Å². The van der Waals surface area contributed by atoms with Gasteiger partial charge in [-0.2, -0.15) is 0 Å². The maximum Gasteiger partial charge on any atom is 0.169 e. The second-order valence-electron chi connectivity index (χ2n) is 7.76. The third-order valence-corrected chi connectivity index (χ3v) is 5.84. The van der Waals surface area contributed by atoms with E-state index in [0.29, 0.717) is 0 Å². The zero-order chi connectivity index (χ0) is 20.1. The number of benzene rings is 3. The first kappa shape index (κ1) is 17.6. The summed E-state index contributed by atoms with van der Waals surface area (Å²) < 4.78 is 2.04. The molecule has 4 nitrogen and oxygen atoms in total. The third kappa shape index (κ3) is 2.80. The summed E-state index contributed by atoms with van der Waals surface area (Å²) in [5, 5.41) is 11.5. The zero-order valence-corrected chi connectivity index (χ0v) is 17.1. The van der Waals surface area contributed by atoms with Gasteiger partial charge in [0.2, 0.25) is 0 Å². The van der Waals surface area contributed by atoms with Crippen molar-refractivity contribution in [1.29, 1.82) is 0 Å². The van der Waals surface area contributed by atoms with E-state index in [1.807, 2.05) is 17.0 Å². The van der Waals surface area contributed by atoms with Gasteiger partial charge in [0.05, 0.1) is 11.0 Å². The molecule has 0 radical (unpaired) electrons. The molecule has 142 valence electrons. The normalized spacial score (nSPS) is 11.4. The maximum atomic E-state index is 4.65. The van der Waals surface area contributed by atoms with Crippen LogP contribution < -0.4 is 0 Å². The van der Waals surface area contributed by atoms with Crippen LogP contribution in [0.25, 0.3) is 38.9 Å². The van der Waals surface area contributed by atoms with Gasteiger partial charge < -0.3 is 0 Å². The van der Waals surface area contributed by atoms with E-state index in [4.69, 9.17) is 0 Å². The first-order valence-corrected chi connectivity index (χ1v) is 9.80. The summed E-state index contributed by atoms with van der Waals surface area (Å²) >= 11 is 0. The molecule has 3 aromatic carbocycles. The quantitative estimate of drug-likeness (QED) is 0.386. The number of hydrogen-bond donors (Lipinski definition) is 0. The molecule has 0 saturated carbocycles. The van der Waals surface area contributed by atoms with Crippen LogP contribution in [-0.2, 0) is 0 Å². The molecule has 0 bridgehead atoms. The van der Waals surface area contributed by atoms with Crippen molar-refractivity contribution in [2.45, 2.75) is 27.7 Å². The van der Waals surface area contributed by atoms with Gasteiger partial charge in [-0.05, 0) is 68.1 Å². The molecule has 0 saturated heterocycles. The Bertz CT molecular complexity index is 1400. The van der Waals surface area contributed by atoms with Crippen molar-refractivity contribution in [1.82, 2.24) is 19.7 Å². The molecule has 0 atom stereocenters. The first-order valence-electron chi connectivity index (χ1n) is 9.80. The van der Waals surface area contributed by atoms with Gasteiger partial charge in [0.1, 0.15) is 12.0 Å². The van der Waals surface area contributed by atoms with Crippen LogP contribution in [0.15, 0.2) is 60.9 Å². The molecular weight excluding hydrogens is 356 g/mol.